The normalized spacial score (nSPS) is 36.8. The van der Waals surface area contributed by atoms with Gasteiger partial charge in [0, 0.05) is 18.0 Å². The summed E-state index contributed by atoms with van der Waals surface area (Å²) in [5.74, 6) is 1.65. The maximum absolute atomic E-state index is 10.1. The van der Waals surface area contributed by atoms with Gasteiger partial charge in [-0.25, -0.2) is 0 Å². The molecule has 1 unspecified atom stereocenters. The Bertz CT molecular complexity index is 573. The molecular formula is C17H23NO3. The maximum atomic E-state index is 10.1. The minimum absolute atomic E-state index is 0.134. The SMILES string of the molecule is COc1cc2c(cc1OC)[C@]13CC[C@@H](O)C[C@H]1N(CC3)C2. The number of fused-ring (bicyclic) bond motifs is 1. The largest absolute Gasteiger partial charge is 0.493 e. The van der Waals surface area contributed by atoms with Crippen molar-refractivity contribution in [3.8, 4) is 11.5 Å². The molecule has 4 nitrogen and oxygen atoms in total. The van der Waals surface area contributed by atoms with E-state index in [1.54, 1.807) is 14.2 Å². The van der Waals surface area contributed by atoms with Crippen molar-refractivity contribution in [3.63, 3.8) is 0 Å². The monoisotopic (exact) mass is 289 g/mol. The Morgan fingerprint density at radius 3 is 2.71 bits per heavy atom. The van der Waals surface area contributed by atoms with Crippen LogP contribution in [0, 0.1) is 0 Å². The molecule has 21 heavy (non-hydrogen) atoms. The molecule has 1 N–H and O–H groups in total. The molecule has 0 spiro atoms. The highest BCUT2D eigenvalue weighted by Crippen LogP contribution is 2.54. The summed E-state index contributed by atoms with van der Waals surface area (Å²) in [5.41, 5.74) is 3.02. The van der Waals surface area contributed by atoms with Gasteiger partial charge in [-0.1, -0.05) is 0 Å². The topological polar surface area (TPSA) is 41.9 Å². The lowest BCUT2D eigenvalue weighted by Crippen LogP contribution is -2.51. The molecule has 2 bridgehead atoms. The minimum atomic E-state index is -0.134. The summed E-state index contributed by atoms with van der Waals surface area (Å²) >= 11 is 0. The molecular weight excluding hydrogens is 266 g/mol. The first kappa shape index (κ1) is 13.4. The van der Waals surface area contributed by atoms with E-state index in [0.717, 1.165) is 43.9 Å². The molecule has 4 heteroatoms. The average molecular weight is 289 g/mol. The van der Waals surface area contributed by atoms with E-state index in [1.165, 1.54) is 17.5 Å². The summed E-state index contributed by atoms with van der Waals surface area (Å²) in [4.78, 5) is 2.55. The van der Waals surface area contributed by atoms with Crippen molar-refractivity contribution >= 4 is 0 Å². The van der Waals surface area contributed by atoms with Gasteiger partial charge >= 0.3 is 0 Å². The molecule has 1 aromatic rings. The van der Waals surface area contributed by atoms with Crippen LogP contribution in [0.4, 0.5) is 0 Å². The number of rotatable bonds is 2. The number of nitrogens with zero attached hydrogens (tertiary/aromatic N) is 1. The van der Waals surface area contributed by atoms with Crippen LogP contribution >= 0.6 is 0 Å². The van der Waals surface area contributed by atoms with Crippen LogP contribution in [0.1, 0.15) is 36.8 Å². The van der Waals surface area contributed by atoms with Crippen LogP contribution in [-0.2, 0) is 12.0 Å². The third-order valence-electron chi connectivity index (χ3n) is 5.86. The molecule has 2 aliphatic heterocycles. The van der Waals surface area contributed by atoms with E-state index < -0.39 is 0 Å². The van der Waals surface area contributed by atoms with Gasteiger partial charge in [-0.15, -0.1) is 0 Å². The van der Waals surface area contributed by atoms with Crippen LogP contribution in [0.15, 0.2) is 12.1 Å². The summed E-state index contributed by atoms with van der Waals surface area (Å²) in [6, 6.07) is 4.84. The van der Waals surface area contributed by atoms with Crippen LogP contribution < -0.4 is 9.47 Å². The Hall–Kier alpha value is -1.26. The fourth-order valence-electron chi connectivity index (χ4n) is 4.85. The first-order valence-electron chi connectivity index (χ1n) is 7.85. The zero-order chi connectivity index (χ0) is 14.6. The van der Waals surface area contributed by atoms with Gasteiger partial charge in [0.2, 0.25) is 0 Å². The Morgan fingerprint density at radius 1 is 1.19 bits per heavy atom. The molecule has 3 aliphatic rings. The highest BCUT2D eigenvalue weighted by molar-refractivity contribution is 5.53. The summed E-state index contributed by atoms with van der Waals surface area (Å²) in [6.07, 6.45) is 3.97. The van der Waals surface area contributed by atoms with Crippen molar-refractivity contribution < 1.29 is 14.6 Å². The Morgan fingerprint density at radius 2 is 1.95 bits per heavy atom. The van der Waals surface area contributed by atoms with Gasteiger partial charge in [-0.3, -0.25) is 4.90 Å². The molecule has 1 saturated heterocycles. The van der Waals surface area contributed by atoms with Gasteiger partial charge in [-0.2, -0.15) is 0 Å². The first-order valence-corrected chi connectivity index (χ1v) is 7.85. The number of hydrogen-bond acceptors (Lipinski definition) is 4. The third-order valence-corrected chi connectivity index (χ3v) is 5.86. The predicted octanol–water partition coefficient (Wildman–Crippen LogP) is 2.07. The van der Waals surface area contributed by atoms with Crippen molar-refractivity contribution in [2.24, 2.45) is 0 Å². The van der Waals surface area contributed by atoms with E-state index in [9.17, 15) is 5.11 Å². The van der Waals surface area contributed by atoms with E-state index in [2.05, 4.69) is 17.0 Å². The first-order chi connectivity index (χ1) is 10.2. The van der Waals surface area contributed by atoms with Crippen molar-refractivity contribution in [1.29, 1.82) is 0 Å². The van der Waals surface area contributed by atoms with Crippen molar-refractivity contribution in [1.82, 2.24) is 4.90 Å². The summed E-state index contributed by atoms with van der Waals surface area (Å²) in [7, 11) is 3.40. The van der Waals surface area contributed by atoms with Crippen molar-refractivity contribution in [2.45, 2.75) is 49.8 Å². The highest BCUT2D eigenvalue weighted by Gasteiger charge is 2.54. The number of methoxy groups -OCH3 is 2. The molecule has 1 saturated carbocycles. The van der Waals surface area contributed by atoms with Gasteiger partial charge in [0.25, 0.3) is 0 Å². The maximum Gasteiger partial charge on any atom is 0.161 e. The molecule has 4 rings (SSSR count). The Labute approximate surface area is 125 Å². The van der Waals surface area contributed by atoms with Gasteiger partial charge < -0.3 is 14.6 Å². The smallest absolute Gasteiger partial charge is 0.161 e. The molecule has 1 aliphatic carbocycles. The van der Waals surface area contributed by atoms with Crippen LogP contribution in [0.3, 0.4) is 0 Å². The van der Waals surface area contributed by atoms with Crippen LogP contribution in [0.5, 0.6) is 11.5 Å². The zero-order valence-electron chi connectivity index (χ0n) is 12.8. The molecule has 114 valence electrons. The van der Waals surface area contributed by atoms with Gasteiger partial charge in [0.1, 0.15) is 0 Å². The van der Waals surface area contributed by atoms with Gasteiger partial charge in [0.05, 0.1) is 20.3 Å². The van der Waals surface area contributed by atoms with Gasteiger partial charge in [0.15, 0.2) is 11.5 Å². The lowest BCUT2D eigenvalue weighted by Gasteiger charge is -2.48. The lowest BCUT2D eigenvalue weighted by atomic mass is 9.63. The van der Waals surface area contributed by atoms with Crippen LogP contribution in [0.2, 0.25) is 0 Å². The Kier molecular flexibility index (Phi) is 2.95. The second-order valence-corrected chi connectivity index (χ2v) is 6.68. The van der Waals surface area contributed by atoms with E-state index in [0.29, 0.717) is 6.04 Å². The molecule has 0 radical (unpaired) electrons. The van der Waals surface area contributed by atoms with E-state index in [4.69, 9.17) is 9.47 Å². The highest BCUT2D eigenvalue weighted by atomic mass is 16.5. The summed E-state index contributed by atoms with van der Waals surface area (Å²) in [5, 5.41) is 10.1. The average Bonchev–Trinajstić information content (AvgIpc) is 2.78. The number of ether oxygens (including phenoxy) is 2. The molecule has 2 fully saturated rings. The van der Waals surface area contributed by atoms with E-state index in [-0.39, 0.29) is 11.5 Å². The number of benzene rings is 1. The molecule has 2 heterocycles. The van der Waals surface area contributed by atoms with Crippen molar-refractivity contribution in [2.75, 3.05) is 20.8 Å². The summed E-state index contributed by atoms with van der Waals surface area (Å²) in [6.45, 7) is 2.10. The van der Waals surface area contributed by atoms with Crippen LogP contribution in [-0.4, -0.2) is 42.9 Å². The molecule has 0 aromatic heterocycles. The Balaban J connectivity index is 1.85. The lowest BCUT2D eigenvalue weighted by molar-refractivity contribution is 0.0383. The fraction of sp³-hybridized carbons (Fsp3) is 0.647. The second kappa shape index (κ2) is 4.62. The number of aliphatic hydroxyl groups is 1. The number of hydrogen-bond donors (Lipinski definition) is 1. The number of aliphatic hydroxyl groups excluding tert-OH is 1. The predicted molar refractivity (Wildman–Crippen MR) is 79.9 cm³/mol. The second-order valence-electron chi connectivity index (χ2n) is 6.68. The molecule has 4 atom stereocenters. The quantitative estimate of drug-likeness (QED) is 0.905. The molecule has 1 aromatic carbocycles. The van der Waals surface area contributed by atoms with Crippen molar-refractivity contribution in [3.05, 3.63) is 23.3 Å². The van der Waals surface area contributed by atoms with E-state index >= 15 is 0 Å². The molecule has 0 amide bonds. The van der Waals surface area contributed by atoms with Crippen LogP contribution in [0.25, 0.3) is 0 Å². The third kappa shape index (κ3) is 1.75. The standard InChI is InChI=1S/C17H23NO3/c1-20-14-7-11-10-18-6-5-17(13(11)9-15(14)21-2)4-3-12(19)8-16(17)18/h7,9,12,16,19H,3-6,8,10H2,1-2H3/t12-,16-,17-/m1/s1. The minimum Gasteiger partial charge on any atom is -0.493 e. The zero-order valence-corrected chi connectivity index (χ0v) is 12.8. The van der Waals surface area contributed by atoms with Gasteiger partial charge in [-0.05, 0) is 55.5 Å². The van der Waals surface area contributed by atoms with E-state index in [1.807, 2.05) is 0 Å². The fourth-order valence-corrected chi connectivity index (χ4v) is 4.85. The summed E-state index contributed by atoms with van der Waals surface area (Å²) < 4.78 is 11.0.